The lowest BCUT2D eigenvalue weighted by atomic mass is 9.95. The Labute approximate surface area is 146 Å². The molecule has 0 aromatic carbocycles. The minimum absolute atomic E-state index is 0.100. The molecule has 2 amide bonds. The van der Waals surface area contributed by atoms with Crippen molar-refractivity contribution >= 4 is 17.8 Å². The fourth-order valence-electron chi connectivity index (χ4n) is 3.01. The first kappa shape index (κ1) is 17.1. The van der Waals surface area contributed by atoms with E-state index in [4.69, 9.17) is 0 Å². The zero-order chi connectivity index (χ0) is 17.6. The number of amides is 2. The van der Waals surface area contributed by atoms with Crippen molar-refractivity contribution in [1.82, 2.24) is 24.8 Å². The smallest absolute Gasteiger partial charge is 0.227 e. The van der Waals surface area contributed by atoms with Crippen LogP contribution in [0.4, 0.5) is 5.95 Å². The lowest BCUT2D eigenvalue weighted by Crippen LogP contribution is -2.37. The highest BCUT2D eigenvalue weighted by Crippen LogP contribution is 2.25. The van der Waals surface area contributed by atoms with Gasteiger partial charge in [0.1, 0.15) is 0 Å². The molecule has 0 aliphatic carbocycles. The highest BCUT2D eigenvalue weighted by molar-refractivity contribution is 5.88. The highest BCUT2D eigenvalue weighted by atomic mass is 16.2. The third-order valence-electron chi connectivity index (χ3n) is 4.35. The molecule has 8 nitrogen and oxygen atoms in total. The number of carbonyl (C=O) groups is 2. The molecule has 1 saturated heterocycles. The normalized spacial score (nSPS) is 17.3. The number of hydrogen-bond donors (Lipinski definition) is 2. The van der Waals surface area contributed by atoms with Gasteiger partial charge in [-0.3, -0.25) is 24.9 Å². The monoisotopic (exact) mass is 342 g/mol. The number of aryl methyl sites for hydroxylation is 1. The van der Waals surface area contributed by atoms with Gasteiger partial charge in [0.05, 0.1) is 11.4 Å². The number of nitrogens with zero attached hydrogens (tertiary/aromatic N) is 4. The zero-order valence-electron chi connectivity index (χ0n) is 14.2. The van der Waals surface area contributed by atoms with Crippen LogP contribution in [0.1, 0.15) is 43.5 Å². The molecule has 3 heterocycles. The lowest BCUT2D eigenvalue weighted by Gasteiger charge is -2.31. The number of piperidine rings is 1. The topological polar surface area (TPSA) is 104 Å². The first-order chi connectivity index (χ1) is 12.1. The van der Waals surface area contributed by atoms with Gasteiger partial charge in [-0.1, -0.05) is 0 Å². The molecule has 2 N–H and O–H groups in total. The van der Waals surface area contributed by atoms with E-state index in [0.29, 0.717) is 25.3 Å². The van der Waals surface area contributed by atoms with E-state index in [9.17, 15) is 9.59 Å². The number of carbonyl (C=O) groups excluding carboxylic acids is 2. The summed E-state index contributed by atoms with van der Waals surface area (Å²) in [5.74, 6) is 0.629. The second kappa shape index (κ2) is 7.87. The molecule has 0 unspecified atom stereocenters. The summed E-state index contributed by atoms with van der Waals surface area (Å²) in [5.41, 5.74) is 1.68. The third-order valence-corrected chi connectivity index (χ3v) is 4.35. The molecule has 1 fully saturated rings. The Morgan fingerprint density at radius 3 is 3.04 bits per heavy atom. The van der Waals surface area contributed by atoms with Crippen LogP contribution >= 0.6 is 0 Å². The molecule has 1 aliphatic heterocycles. The van der Waals surface area contributed by atoms with E-state index in [-0.39, 0.29) is 17.7 Å². The molecule has 0 radical (unpaired) electrons. The maximum absolute atomic E-state index is 11.9. The second-order valence-electron chi connectivity index (χ2n) is 6.23. The largest absolute Gasteiger partial charge is 0.342 e. The molecule has 0 bridgehead atoms. The molecular formula is C17H22N6O2. The van der Waals surface area contributed by atoms with Crippen LogP contribution in [0.25, 0.3) is 0 Å². The Kier molecular flexibility index (Phi) is 5.37. The number of H-pyrrole nitrogens is 1. The lowest BCUT2D eigenvalue weighted by molar-refractivity contribution is -0.130. The van der Waals surface area contributed by atoms with E-state index in [1.54, 1.807) is 31.7 Å². The summed E-state index contributed by atoms with van der Waals surface area (Å²) < 4.78 is 0. The van der Waals surface area contributed by atoms with Gasteiger partial charge in [0.2, 0.25) is 17.8 Å². The van der Waals surface area contributed by atoms with Crippen LogP contribution in [0.2, 0.25) is 0 Å². The van der Waals surface area contributed by atoms with E-state index in [1.807, 2.05) is 4.90 Å². The number of imidazole rings is 1. The summed E-state index contributed by atoms with van der Waals surface area (Å²) in [6, 6.07) is 0. The molecule has 0 spiro atoms. The number of nitrogens with one attached hydrogen (secondary N) is 2. The first-order valence-corrected chi connectivity index (χ1v) is 8.47. The standard InChI is InChI=1S/C17H22N6O2/c1-12(24)23-8-2-3-13(11-23)15-10-18-9-14(21-15)4-5-16(25)22-17-19-6-7-20-17/h6-7,9-10,13H,2-5,8,11H2,1H3,(H2,19,20,22,25)/t13-/m0/s1. The van der Waals surface area contributed by atoms with Crippen molar-refractivity contribution in [2.45, 2.75) is 38.5 Å². The van der Waals surface area contributed by atoms with Crippen LogP contribution in [0.5, 0.6) is 0 Å². The Balaban J connectivity index is 1.57. The van der Waals surface area contributed by atoms with Gasteiger partial charge >= 0.3 is 0 Å². The van der Waals surface area contributed by atoms with Crippen molar-refractivity contribution in [1.29, 1.82) is 0 Å². The Morgan fingerprint density at radius 1 is 1.40 bits per heavy atom. The number of anilines is 1. The predicted octanol–water partition coefficient (Wildman–Crippen LogP) is 1.50. The van der Waals surface area contributed by atoms with Crippen LogP contribution in [-0.2, 0) is 16.0 Å². The number of aromatic amines is 1. The summed E-state index contributed by atoms with van der Waals surface area (Å²) in [6.07, 6.45) is 9.48. The molecule has 1 aliphatic rings. The number of likely N-dealkylation sites (tertiary alicyclic amines) is 1. The SMILES string of the molecule is CC(=O)N1CCC[C@H](c2cncc(CCC(=O)Nc3ncc[nH]3)n2)C1. The average molecular weight is 342 g/mol. The van der Waals surface area contributed by atoms with Crippen molar-refractivity contribution < 1.29 is 9.59 Å². The van der Waals surface area contributed by atoms with Crippen molar-refractivity contribution in [3.63, 3.8) is 0 Å². The second-order valence-corrected chi connectivity index (χ2v) is 6.23. The van der Waals surface area contributed by atoms with Gasteiger partial charge < -0.3 is 9.88 Å². The maximum Gasteiger partial charge on any atom is 0.227 e. The number of hydrogen-bond acceptors (Lipinski definition) is 5. The molecule has 1 atom stereocenters. The Bertz CT molecular complexity index is 730. The number of rotatable bonds is 5. The maximum atomic E-state index is 11.9. The summed E-state index contributed by atoms with van der Waals surface area (Å²) >= 11 is 0. The van der Waals surface area contributed by atoms with Crippen molar-refractivity contribution in [3.05, 3.63) is 36.2 Å². The first-order valence-electron chi connectivity index (χ1n) is 8.47. The molecule has 132 valence electrons. The molecule has 2 aromatic rings. The molecule has 0 saturated carbocycles. The van der Waals surface area contributed by atoms with Crippen LogP contribution in [0.15, 0.2) is 24.8 Å². The quantitative estimate of drug-likeness (QED) is 0.857. The fourth-order valence-corrected chi connectivity index (χ4v) is 3.01. The predicted molar refractivity (Wildman–Crippen MR) is 91.8 cm³/mol. The number of aromatic nitrogens is 4. The van der Waals surface area contributed by atoms with Gasteiger partial charge in [-0.15, -0.1) is 0 Å². The van der Waals surface area contributed by atoms with E-state index in [1.165, 1.54) is 0 Å². The van der Waals surface area contributed by atoms with E-state index >= 15 is 0 Å². The Morgan fingerprint density at radius 2 is 2.28 bits per heavy atom. The summed E-state index contributed by atoms with van der Waals surface area (Å²) in [4.78, 5) is 41.1. The van der Waals surface area contributed by atoms with Crippen LogP contribution < -0.4 is 5.32 Å². The third kappa shape index (κ3) is 4.62. The summed E-state index contributed by atoms with van der Waals surface area (Å²) in [7, 11) is 0. The molecular weight excluding hydrogens is 320 g/mol. The Hall–Kier alpha value is -2.77. The summed E-state index contributed by atoms with van der Waals surface area (Å²) in [5, 5.41) is 2.69. The van der Waals surface area contributed by atoms with Gasteiger partial charge in [0.25, 0.3) is 0 Å². The van der Waals surface area contributed by atoms with Crippen molar-refractivity contribution in [2.75, 3.05) is 18.4 Å². The van der Waals surface area contributed by atoms with E-state index in [2.05, 4.69) is 25.3 Å². The molecule has 8 heteroatoms. The fraction of sp³-hybridized carbons (Fsp3) is 0.471. The highest BCUT2D eigenvalue weighted by Gasteiger charge is 2.24. The van der Waals surface area contributed by atoms with E-state index in [0.717, 1.165) is 30.8 Å². The minimum atomic E-state index is -0.123. The minimum Gasteiger partial charge on any atom is -0.342 e. The summed E-state index contributed by atoms with van der Waals surface area (Å²) in [6.45, 7) is 3.10. The van der Waals surface area contributed by atoms with Gasteiger partial charge in [-0.05, 0) is 19.3 Å². The van der Waals surface area contributed by atoms with E-state index < -0.39 is 0 Å². The molecule has 25 heavy (non-hydrogen) atoms. The zero-order valence-corrected chi connectivity index (χ0v) is 14.2. The van der Waals surface area contributed by atoms with Gasteiger partial charge in [-0.2, -0.15) is 0 Å². The van der Waals surface area contributed by atoms with Crippen LogP contribution in [0, 0.1) is 0 Å². The van der Waals surface area contributed by atoms with Crippen LogP contribution in [-0.4, -0.2) is 49.7 Å². The van der Waals surface area contributed by atoms with Crippen molar-refractivity contribution in [2.24, 2.45) is 0 Å². The average Bonchev–Trinajstić information content (AvgIpc) is 3.13. The van der Waals surface area contributed by atoms with Gasteiger partial charge in [-0.25, -0.2) is 4.98 Å². The van der Waals surface area contributed by atoms with Gasteiger partial charge in [0.15, 0.2) is 0 Å². The van der Waals surface area contributed by atoms with Gasteiger partial charge in [0, 0.05) is 57.1 Å². The molecule has 3 rings (SSSR count). The van der Waals surface area contributed by atoms with Crippen LogP contribution in [0.3, 0.4) is 0 Å². The molecule has 2 aromatic heterocycles. The van der Waals surface area contributed by atoms with Crippen molar-refractivity contribution in [3.8, 4) is 0 Å².